The molecule has 2 fully saturated rings. The molecule has 2 aliphatic heterocycles. The van der Waals surface area contributed by atoms with Crippen LogP contribution in [0.5, 0.6) is 0 Å². The number of urea groups is 1. The predicted molar refractivity (Wildman–Crippen MR) is 86.8 cm³/mol. The van der Waals surface area contributed by atoms with Gasteiger partial charge in [-0.25, -0.2) is 4.79 Å². The standard InChI is InChI=1S/C17H19N3O3/c1-18-15(21)14(16(22)19(2)17(18)23)11-12-5-7-13(8-6-12)20-9-3-4-10-20/h5-8,11H,3-4,9-10H2,1-2H3. The maximum atomic E-state index is 12.2. The lowest BCUT2D eigenvalue weighted by Crippen LogP contribution is -2.52. The fourth-order valence-electron chi connectivity index (χ4n) is 2.90. The predicted octanol–water partition coefficient (Wildman–Crippen LogP) is 1.72. The van der Waals surface area contributed by atoms with Crippen LogP contribution in [0.15, 0.2) is 29.8 Å². The van der Waals surface area contributed by atoms with Gasteiger partial charge in [0.15, 0.2) is 0 Å². The van der Waals surface area contributed by atoms with Crippen LogP contribution in [0, 0.1) is 0 Å². The monoisotopic (exact) mass is 313 g/mol. The normalized spacial score (nSPS) is 19.0. The third-order valence-corrected chi connectivity index (χ3v) is 4.32. The molecule has 2 saturated heterocycles. The third-order valence-electron chi connectivity index (χ3n) is 4.32. The van der Waals surface area contributed by atoms with Crippen LogP contribution in [0.1, 0.15) is 18.4 Å². The number of imide groups is 2. The first-order valence-corrected chi connectivity index (χ1v) is 7.66. The molecule has 1 aromatic carbocycles. The number of hydrogen-bond acceptors (Lipinski definition) is 4. The zero-order valence-corrected chi connectivity index (χ0v) is 13.3. The number of anilines is 1. The van der Waals surface area contributed by atoms with Crippen molar-refractivity contribution in [3.8, 4) is 0 Å². The van der Waals surface area contributed by atoms with Gasteiger partial charge in [0.2, 0.25) is 0 Å². The summed E-state index contributed by atoms with van der Waals surface area (Å²) < 4.78 is 0. The molecular formula is C17H19N3O3. The van der Waals surface area contributed by atoms with Crippen molar-refractivity contribution in [3.05, 3.63) is 35.4 Å². The molecule has 0 atom stereocenters. The van der Waals surface area contributed by atoms with Crippen LogP contribution in [0.4, 0.5) is 10.5 Å². The number of amides is 4. The number of likely N-dealkylation sites (N-methyl/N-ethyl adjacent to an activating group) is 2. The van der Waals surface area contributed by atoms with Crippen molar-refractivity contribution in [2.45, 2.75) is 12.8 Å². The van der Waals surface area contributed by atoms with E-state index < -0.39 is 17.8 Å². The van der Waals surface area contributed by atoms with E-state index >= 15 is 0 Å². The molecule has 0 saturated carbocycles. The van der Waals surface area contributed by atoms with E-state index in [2.05, 4.69) is 4.90 Å². The first-order valence-electron chi connectivity index (χ1n) is 7.66. The minimum absolute atomic E-state index is 0.00326. The number of benzene rings is 1. The second-order valence-electron chi connectivity index (χ2n) is 5.85. The van der Waals surface area contributed by atoms with Crippen LogP contribution in [0.3, 0.4) is 0 Å². The zero-order chi connectivity index (χ0) is 16.6. The average molecular weight is 313 g/mol. The number of nitrogens with zero attached hydrogens (tertiary/aromatic N) is 3. The molecule has 3 rings (SSSR count). The Kier molecular flexibility index (Phi) is 3.90. The molecule has 0 bridgehead atoms. The molecule has 6 heteroatoms. The van der Waals surface area contributed by atoms with Gasteiger partial charge in [-0.2, -0.15) is 0 Å². The van der Waals surface area contributed by atoms with Crippen molar-refractivity contribution in [2.75, 3.05) is 32.1 Å². The number of hydrogen-bond donors (Lipinski definition) is 0. The lowest BCUT2D eigenvalue weighted by atomic mass is 10.1. The number of barbiturate groups is 1. The van der Waals surface area contributed by atoms with E-state index in [1.54, 1.807) is 0 Å². The molecule has 2 aliphatic rings. The van der Waals surface area contributed by atoms with Gasteiger partial charge in [0.1, 0.15) is 5.57 Å². The van der Waals surface area contributed by atoms with E-state index in [0.717, 1.165) is 34.1 Å². The van der Waals surface area contributed by atoms with E-state index in [0.29, 0.717) is 0 Å². The molecule has 0 unspecified atom stereocenters. The second-order valence-corrected chi connectivity index (χ2v) is 5.85. The van der Waals surface area contributed by atoms with Crippen LogP contribution in [-0.4, -0.2) is 54.8 Å². The molecule has 6 nitrogen and oxygen atoms in total. The number of rotatable bonds is 2. The van der Waals surface area contributed by atoms with Crippen LogP contribution in [0.2, 0.25) is 0 Å². The Hall–Kier alpha value is -2.63. The molecule has 1 aromatic rings. The van der Waals surface area contributed by atoms with Crippen LogP contribution in [0.25, 0.3) is 6.08 Å². The lowest BCUT2D eigenvalue weighted by molar-refractivity contribution is -0.134. The maximum Gasteiger partial charge on any atom is 0.333 e. The van der Waals surface area contributed by atoms with E-state index in [4.69, 9.17) is 0 Å². The number of carbonyl (C=O) groups excluding carboxylic acids is 3. The van der Waals surface area contributed by atoms with Crippen LogP contribution >= 0.6 is 0 Å². The largest absolute Gasteiger partial charge is 0.372 e. The van der Waals surface area contributed by atoms with Gasteiger partial charge in [-0.3, -0.25) is 19.4 Å². The lowest BCUT2D eigenvalue weighted by Gasteiger charge is -2.28. The molecule has 0 spiro atoms. The highest BCUT2D eigenvalue weighted by Crippen LogP contribution is 2.22. The summed E-state index contributed by atoms with van der Waals surface area (Å²) in [7, 11) is 2.75. The Labute approximate surface area is 135 Å². The van der Waals surface area contributed by atoms with Crippen LogP contribution in [-0.2, 0) is 9.59 Å². The molecule has 0 aliphatic carbocycles. The van der Waals surface area contributed by atoms with Gasteiger partial charge in [0.25, 0.3) is 11.8 Å². The van der Waals surface area contributed by atoms with Crippen molar-refractivity contribution in [1.82, 2.24) is 9.80 Å². The fourth-order valence-corrected chi connectivity index (χ4v) is 2.90. The summed E-state index contributed by atoms with van der Waals surface area (Å²) in [4.78, 5) is 40.2. The highest BCUT2D eigenvalue weighted by atomic mass is 16.2. The first kappa shape index (κ1) is 15.3. The summed E-state index contributed by atoms with van der Waals surface area (Å²) in [5.74, 6) is -1.14. The van der Waals surface area contributed by atoms with Gasteiger partial charge in [-0.1, -0.05) is 12.1 Å². The Morgan fingerprint density at radius 3 is 1.91 bits per heavy atom. The van der Waals surface area contributed by atoms with E-state index in [9.17, 15) is 14.4 Å². The minimum atomic E-state index is -0.610. The quantitative estimate of drug-likeness (QED) is 0.616. The Morgan fingerprint density at radius 1 is 0.870 bits per heavy atom. The van der Waals surface area contributed by atoms with Gasteiger partial charge >= 0.3 is 6.03 Å². The fraction of sp³-hybridized carbons (Fsp3) is 0.353. The summed E-state index contributed by atoms with van der Waals surface area (Å²) in [6, 6.07) is 7.15. The molecule has 23 heavy (non-hydrogen) atoms. The van der Waals surface area contributed by atoms with Gasteiger partial charge in [-0.05, 0) is 36.6 Å². The summed E-state index contributed by atoms with van der Waals surface area (Å²) in [6.07, 6.45) is 3.96. The van der Waals surface area contributed by atoms with Gasteiger partial charge < -0.3 is 4.90 Å². The molecule has 4 amide bonds. The van der Waals surface area contributed by atoms with Gasteiger partial charge in [-0.15, -0.1) is 0 Å². The van der Waals surface area contributed by atoms with Crippen molar-refractivity contribution in [2.24, 2.45) is 0 Å². The number of carbonyl (C=O) groups is 3. The zero-order valence-electron chi connectivity index (χ0n) is 13.3. The average Bonchev–Trinajstić information content (AvgIpc) is 3.10. The van der Waals surface area contributed by atoms with Crippen molar-refractivity contribution in [3.63, 3.8) is 0 Å². The molecule has 120 valence electrons. The SMILES string of the molecule is CN1C(=O)C(=Cc2ccc(N3CCCC3)cc2)C(=O)N(C)C1=O. The van der Waals surface area contributed by atoms with Gasteiger partial charge in [0, 0.05) is 32.9 Å². The smallest absolute Gasteiger partial charge is 0.333 e. The maximum absolute atomic E-state index is 12.2. The van der Waals surface area contributed by atoms with E-state index in [1.165, 1.54) is 33.0 Å². The highest BCUT2D eigenvalue weighted by molar-refractivity contribution is 6.30. The molecule has 0 radical (unpaired) electrons. The van der Waals surface area contributed by atoms with E-state index in [-0.39, 0.29) is 5.57 Å². The topological polar surface area (TPSA) is 60.9 Å². The van der Waals surface area contributed by atoms with Crippen molar-refractivity contribution >= 4 is 29.6 Å². The van der Waals surface area contributed by atoms with Crippen LogP contribution < -0.4 is 4.90 Å². The third kappa shape index (κ3) is 2.72. The minimum Gasteiger partial charge on any atom is -0.372 e. The van der Waals surface area contributed by atoms with E-state index in [1.807, 2.05) is 24.3 Å². The second kappa shape index (κ2) is 5.87. The molecule has 0 aromatic heterocycles. The molecule has 0 N–H and O–H groups in total. The summed E-state index contributed by atoms with van der Waals surface area (Å²) >= 11 is 0. The summed E-state index contributed by atoms with van der Waals surface area (Å²) in [5.41, 5.74) is 1.92. The Morgan fingerprint density at radius 2 is 1.39 bits per heavy atom. The Balaban J connectivity index is 1.86. The first-order chi connectivity index (χ1) is 11.0. The summed E-state index contributed by atoms with van der Waals surface area (Å²) in [6.45, 7) is 2.13. The van der Waals surface area contributed by atoms with Gasteiger partial charge in [0.05, 0.1) is 0 Å². The highest BCUT2D eigenvalue weighted by Gasteiger charge is 2.37. The Bertz CT molecular complexity index is 662. The van der Waals surface area contributed by atoms with Crippen molar-refractivity contribution < 1.29 is 14.4 Å². The summed E-state index contributed by atoms with van der Waals surface area (Å²) in [5, 5.41) is 0. The molecule has 2 heterocycles. The van der Waals surface area contributed by atoms with Crippen molar-refractivity contribution in [1.29, 1.82) is 0 Å². The molecular weight excluding hydrogens is 294 g/mol.